The molecule has 3 heteroatoms. The zero-order valence-corrected chi connectivity index (χ0v) is 11.4. The average Bonchev–Trinajstić information content (AvgIpc) is 2.39. The molecule has 2 N–H and O–H groups in total. The number of hydrogen-bond donors (Lipinski definition) is 2. The largest absolute Gasteiger partial charge is 0.481 e. The molecule has 3 nitrogen and oxygen atoms in total. The number of aliphatic hydroxyl groups is 1. The van der Waals surface area contributed by atoms with Crippen LogP contribution in [0.2, 0.25) is 0 Å². The van der Waals surface area contributed by atoms with Gasteiger partial charge in [-0.2, -0.15) is 0 Å². The molecule has 0 heterocycles. The van der Waals surface area contributed by atoms with Crippen LogP contribution in [0.5, 0.6) is 0 Å². The third kappa shape index (κ3) is 2.42. The molecule has 2 rings (SSSR count). The lowest BCUT2D eigenvalue weighted by atomic mass is 9.58. The van der Waals surface area contributed by atoms with E-state index in [1.807, 2.05) is 0 Å². The monoisotopic (exact) mass is 254 g/mol. The highest BCUT2D eigenvalue weighted by molar-refractivity contribution is 5.75. The van der Waals surface area contributed by atoms with Gasteiger partial charge < -0.3 is 10.2 Å². The number of aliphatic hydroxyl groups excluding tert-OH is 1. The van der Waals surface area contributed by atoms with E-state index in [-0.39, 0.29) is 5.92 Å². The Hall–Kier alpha value is -0.570. The van der Waals surface area contributed by atoms with Gasteiger partial charge in [0, 0.05) is 5.92 Å². The van der Waals surface area contributed by atoms with Gasteiger partial charge in [0.15, 0.2) is 0 Å². The van der Waals surface area contributed by atoms with Gasteiger partial charge in [-0.15, -0.1) is 0 Å². The zero-order chi connectivity index (χ0) is 13.2. The Kier molecular flexibility index (Phi) is 4.31. The molecule has 2 aliphatic rings. The maximum absolute atomic E-state index is 11.9. The van der Waals surface area contributed by atoms with E-state index in [2.05, 4.69) is 6.92 Å². The van der Waals surface area contributed by atoms with Gasteiger partial charge in [-0.1, -0.05) is 39.0 Å². The third-order valence-electron chi connectivity index (χ3n) is 5.33. The SMILES string of the molecule is CCC1CCCC(C(=O)O)(C2CCCCC2O)C1. The standard InChI is InChI=1S/C15H26O3/c1-2-11-6-5-9-15(10-11,14(17)18)12-7-3-4-8-13(12)16/h11-13,16H,2-10H2,1H3,(H,17,18). The fourth-order valence-electron chi connectivity index (χ4n) is 4.22. The third-order valence-corrected chi connectivity index (χ3v) is 5.33. The molecule has 2 fully saturated rings. The second-order valence-electron chi connectivity index (χ2n) is 6.29. The molecule has 0 amide bonds. The van der Waals surface area contributed by atoms with Gasteiger partial charge in [0.05, 0.1) is 11.5 Å². The summed E-state index contributed by atoms with van der Waals surface area (Å²) in [4.78, 5) is 11.9. The van der Waals surface area contributed by atoms with Crippen LogP contribution in [-0.2, 0) is 4.79 Å². The Morgan fingerprint density at radius 1 is 1.22 bits per heavy atom. The molecule has 4 atom stereocenters. The van der Waals surface area contributed by atoms with Crippen molar-refractivity contribution in [1.82, 2.24) is 0 Å². The van der Waals surface area contributed by atoms with Crippen LogP contribution < -0.4 is 0 Å². The van der Waals surface area contributed by atoms with Gasteiger partial charge in [0.25, 0.3) is 0 Å². The molecule has 0 aromatic heterocycles. The maximum atomic E-state index is 11.9. The van der Waals surface area contributed by atoms with Gasteiger partial charge in [-0.05, 0) is 31.6 Å². The van der Waals surface area contributed by atoms with Gasteiger partial charge in [-0.25, -0.2) is 0 Å². The predicted octanol–water partition coefficient (Wildman–Crippen LogP) is 3.21. The predicted molar refractivity (Wildman–Crippen MR) is 70.3 cm³/mol. The zero-order valence-electron chi connectivity index (χ0n) is 11.4. The number of carbonyl (C=O) groups is 1. The minimum Gasteiger partial charge on any atom is -0.481 e. The summed E-state index contributed by atoms with van der Waals surface area (Å²) in [6.45, 7) is 2.15. The summed E-state index contributed by atoms with van der Waals surface area (Å²) in [6.07, 6.45) is 8.19. The Morgan fingerprint density at radius 2 is 1.94 bits per heavy atom. The van der Waals surface area contributed by atoms with E-state index in [1.165, 1.54) is 0 Å². The lowest BCUT2D eigenvalue weighted by Gasteiger charge is -2.46. The van der Waals surface area contributed by atoms with Crippen molar-refractivity contribution in [2.24, 2.45) is 17.3 Å². The lowest BCUT2D eigenvalue weighted by Crippen LogP contribution is -2.48. The summed E-state index contributed by atoms with van der Waals surface area (Å²) in [7, 11) is 0. The van der Waals surface area contributed by atoms with Crippen LogP contribution in [0.4, 0.5) is 0 Å². The number of rotatable bonds is 3. The smallest absolute Gasteiger partial charge is 0.310 e. The van der Waals surface area contributed by atoms with Gasteiger partial charge in [0.1, 0.15) is 0 Å². The second-order valence-corrected chi connectivity index (χ2v) is 6.29. The van der Waals surface area contributed by atoms with Crippen molar-refractivity contribution in [3.63, 3.8) is 0 Å². The first-order valence-corrected chi connectivity index (χ1v) is 7.51. The van der Waals surface area contributed by atoms with Crippen LogP contribution in [0.1, 0.15) is 64.7 Å². The van der Waals surface area contributed by atoms with E-state index in [4.69, 9.17) is 0 Å². The lowest BCUT2D eigenvalue weighted by molar-refractivity contribution is -0.163. The van der Waals surface area contributed by atoms with Crippen molar-refractivity contribution >= 4 is 5.97 Å². The number of carboxylic acids is 1. The molecular formula is C15H26O3. The van der Waals surface area contributed by atoms with E-state index >= 15 is 0 Å². The summed E-state index contributed by atoms with van der Waals surface area (Å²) in [6, 6.07) is 0. The fourth-order valence-corrected chi connectivity index (χ4v) is 4.22. The number of carboxylic acid groups (broad SMARTS) is 1. The molecule has 0 radical (unpaired) electrons. The molecule has 104 valence electrons. The number of aliphatic carboxylic acids is 1. The highest BCUT2D eigenvalue weighted by Crippen LogP contribution is 2.50. The van der Waals surface area contributed by atoms with Crippen LogP contribution in [-0.4, -0.2) is 22.3 Å². The summed E-state index contributed by atoms with van der Waals surface area (Å²) in [5.41, 5.74) is -0.640. The van der Waals surface area contributed by atoms with E-state index < -0.39 is 17.5 Å². The van der Waals surface area contributed by atoms with Crippen molar-refractivity contribution in [3.05, 3.63) is 0 Å². The molecule has 2 aliphatic carbocycles. The maximum Gasteiger partial charge on any atom is 0.310 e. The molecule has 0 aliphatic heterocycles. The minimum atomic E-state index is -0.661. The van der Waals surface area contributed by atoms with Crippen LogP contribution in [0.15, 0.2) is 0 Å². The first kappa shape index (κ1) is 13.9. The fraction of sp³-hybridized carbons (Fsp3) is 0.933. The Bertz CT molecular complexity index is 302. The summed E-state index contributed by atoms with van der Waals surface area (Å²) in [5, 5.41) is 20.0. The molecular weight excluding hydrogens is 228 g/mol. The second kappa shape index (κ2) is 5.60. The molecule has 2 saturated carbocycles. The van der Waals surface area contributed by atoms with Crippen molar-refractivity contribution < 1.29 is 15.0 Å². The Labute approximate surface area is 110 Å². The summed E-state index contributed by atoms with van der Waals surface area (Å²) >= 11 is 0. The molecule has 0 aromatic rings. The van der Waals surface area contributed by atoms with Gasteiger partial charge in [0.2, 0.25) is 0 Å². The number of hydrogen-bond acceptors (Lipinski definition) is 2. The summed E-state index contributed by atoms with van der Waals surface area (Å²) in [5.74, 6) is -0.145. The first-order chi connectivity index (χ1) is 8.60. The van der Waals surface area contributed by atoms with Crippen molar-refractivity contribution in [2.75, 3.05) is 0 Å². The van der Waals surface area contributed by atoms with Crippen LogP contribution in [0.3, 0.4) is 0 Å². The Morgan fingerprint density at radius 3 is 2.56 bits per heavy atom. The van der Waals surface area contributed by atoms with Gasteiger partial charge in [-0.3, -0.25) is 4.79 Å². The molecule has 0 spiro atoms. The molecule has 0 saturated heterocycles. The quantitative estimate of drug-likeness (QED) is 0.813. The summed E-state index contributed by atoms with van der Waals surface area (Å²) < 4.78 is 0. The van der Waals surface area contributed by atoms with E-state index in [1.54, 1.807) is 0 Å². The van der Waals surface area contributed by atoms with E-state index in [9.17, 15) is 15.0 Å². The molecule has 4 unspecified atom stereocenters. The van der Waals surface area contributed by atoms with Crippen molar-refractivity contribution in [3.8, 4) is 0 Å². The van der Waals surface area contributed by atoms with Crippen LogP contribution in [0, 0.1) is 17.3 Å². The van der Waals surface area contributed by atoms with Crippen molar-refractivity contribution in [1.29, 1.82) is 0 Å². The van der Waals surface area contributed by atoms with Crippen LogP contribution in [0.25, 0.3) is 0 Å². The minimum absolute atomic E-state index is 0.0156. The molecule has 0 aromatic carbocycles. The topological polar surface area (TPSA) is 57.5 Å². The van der Waals surface area contributed by atoms with Gasteiger partial charge >= 0.3 is 5.97 Å². The molecule has 18 heavy (non-hydrogen) atoms. The highest BCUT2D eigenvalue weighted by Gasteiger charge is 2.51. The molecule has 0 bridgehead atoms. The first-order valence-electron chi connectivity index (χ1n) is 7.51. The normalized spacial score (nSPS) is 41.6. The van der Waals surface area contributed by atoms with Crippen molar-refractivity contribution in [2.45, 2.75) is 70.8 Å². The van der Waals surface area contributed by atoms with Crippen LogP contribution >= 0.6 is 0 Å². The average molecular weight is 254 g/mol. The highest BCUT2D eigenvalue weighted by atomic mass is 16.4. The van der Waals surface area contributed by atoms with E-state index in [0.29, 0.717) is 5.92 Å². The Balaban J connectivity index is 2.22. The van der Waals surface area contributed by atoms with E-state index in [0.717, 1.165) is 57.8 Å².